The molecule has 108 valence electrons. The van der Waals surface area contributed by atoms with Crippen LogP contribution in [0.3, 0.4) is 0 Å². The fraction of sp³-hybridized carbons (Fsp3) is 0. The van der Waals surface area contributed by atoms with Crippen molar-refractivity contribution < 1.29 is 9.85 Å². The summed E-state index contributed by atoms with van der Waals surface area (Å²) in [7, 11) is 0. The van der Waals surface area contributed by atoms with Gasteiger partial charge in [-0.05, 0) is 24.3 Å². The van der Waals surface area contributed by atoms with Crippen molar-refractivity contribution >= 4 is 55.0 Å². The molecule has 0 heterocycles. The molecule has 2 aromatic rings. The van der Waals surface area contributed by atoms with Crippen molar-refractivity contribution in [2.45, 2.75) is 9.79 Å². The first-order valence-corrected chi connectivity index (χ1v) is 7.84. The SMILES string of the molecule is O=[N+]([O-])c1cc(Br)ccc1Sc1ccc(Br)cc1[N+](=O)[O-]. The Kier molecular flexibility index (Phi) is 4.96. The second kappa shape index (κ2) is 6.54. The van der Waals surface area contributed by atoms with Crippen molar-refractivity contribution in [3.63, 3.8) is 0 Å². The molecular formula is C12H6Br2N2O4S. The zero-order valence-electron chi connectivity index (χ0n) is 10.2. The molecule has 0 atom stereocenters. The Labute approximate surface area is 140 Å². The van der Waals surface area contributed by atoms with Crippen LogP contribution < -0.4 is 0 Å². The van der Waals surface area contributed by atoms with Gasteiger partial charge >= 0.3 is 0 Å². The second-order valence-corrected chi connectivity index (χ2v) is 6.76. The van der Waals surface area contributed by atoms with Crippen molar-refractivity contribution in [1.29, 1.82) is 0 Å². The number of nitro groups is 2. The maximum absolute atomic E-state index is 11.1. The minimum atomic E-state index is -0.516. The van der Waals surface area contributed by atoms with E-state index in [0.717, 1.165) is 11.8 Å². The molecule has 0 amide bonds. The van der Waals surface area contributed by atoms with Gasteiger partial charge in [0, 0.05) is 21.1 Å². The lowest BCUT2D eigenvalue weighted by molar-refractivity contribution is -0.388. The Bertz CT molecular complexity index is 678. The predicted molar refractivity (Wildman–Crippen MR) is 85.7 cm³/mol. The van der Waals surface area contributed by atoms with E-state index in [9.17, 15) is 20.2 Å². The van der Waals surface area contributed by atoms with E-state index in [-0.39, 0.29) is 11.4 Å². The lowest BCUT2D eigenvalue weighted by atomic mass is 10.3. The Morgan fingerprint density at radius 2 is 1.19 bits per heavy atom. The van der Waals surface area contributed by atoms with Crippen LogP contribution in [0.15, 0.2) is 55.1 Å². The molecule has 9 heteroatoms. The summed E-state index contributed by atoms with van der Waals surface area (Å²) in [6.07, 6.45) is 0. The number of nitrogens with zero attached hydrogens (tertiary/aromatic N) is 2. The summed E-state index contributed by atoms with van der Waals surface area (Å²) in [5.74, 6) is 0. The normalized spacial score (nSPS) is 10.4. The van der Waals surface area contributed by atoms with Crippen LogP contribution in [-0.2, 0) is 0 Å². The van der Waals surface area contributed by atoms with Gasteiger partial charge in [-0.1, -0.05) is 43.6 Å². The fourth-order valence-electron chi connectivity index (χ4n) is 1.56. The molecule has 0 radical (unpaired) electrons. The number of rotatable bonds is 4. The topological polar surface area (TPSA) is 86.3 Å². The molecule has 2 aromatic carbocycles. The van der Waals surface area contributed by atoms with Crippen LogP contribution in [0.2, 0.25) is 0 Å². The second-order valence-electron chi connectivity index (χ2n) is 3.84. The van der Waals surface area contributed by atoms with Crippen LogP contribution in [0, 0.1) is 20.2 Å². The summed E-state index contributed by atoms with van der Waals surface area (Å²) in [5.41, 5.74) is -0.210. The largest absolute Gasteiger partial charge is 0.284 e. The molecule has 0 aliphatic heterocycles. The summed E-state index contributed by atoms with van der Waals surface area (Å²) < 4.78 is 1.15. The van der Waals surface area contributed by atoms with Gasteiger partial charge in [-0.25, -0.2) is 0 Å². The Hall–Kier alpha value is -1.45. The highest BCUT2D eigenvalue weighted by Crippen LogP contribution is 2.40. The number of nitro benzene ring substituents is 2. The van der Waals surface area contributed by atoms with E-state index in [4.69, 9.17) is 0 Å². The van der Waals surface area contributed by atoms with Gasteiger partial charge in [-0.15, -0.1) is 0 Å². The van der Waals surface area contributed by atoms with Gasteiger partial charge in [0.05, 0.1) is 19.6 Å². The van der Waals surface area contributed by atoms with E-state index in [1.54, 1.807) is 24.3 Å². The minimum absolute atomic E-state index is 0.105. The molecule has 0 saturated heterocycles. The summed E-state index contributed by atoms with van der Waals surface area (Å²) in [6, 6.07) is 9.15. The standard InChI is InChI=1S/C12H6Br2N2O4S/c13-7-1-3-11(9(5-7)15(17)18)21-12-4-2-8(14)6-10(12)16(19)20/h1-6H. The highest BCUT2D eigenvalue weighted by atomic mass is 79.9. The van der Waals surface area contributed by atoms with Crippen molar-refractivity contribution in [2.24, 2.45) is 0 Å². The summed E-state index contributed by atoms with van der Waals surface area (Å²) in [5, 5.41) is 22.1. The molecule has 0 aliphatic rings. The third-order valence-electron chi connectivity index (χ3n) is 2.46. The van der Waals surface area contributed by atoms with Crippen LogP contribution >= 0.6 is 43.6 Å². The highest BCUT2D eigenvalue weighted by Gasteiger charge is 2.20. The average Bonchev–Trinajstić information content (AvgIpc) is 2.42. The molecule has 0 bridgehead atoms. The predicted octanol–water partition coefficient (Wildman–Crippen LogP) is 5.18. The molecule has 2 rings (SSSR count). The molecule has 0 aliphatic carbocycles. The molecule has 0 saturated carbocycles. The molecule has 6 nitrogen and oxygen atoms in total. The first-order valence-electron chi connectivity index (χ1n) is 5.44. The van der Waals surface area contributed by atoms with E-state index >= 15 is 0 Å². The van der Waals surface area contributed by atoms with Gasteiger partial charge in [-0.3, -0.25) is 20.2 Å². The molecule has 0 N–H and O–H groups in total. The summed E-state index contributed by atoms with van der Waals surface area (Å²) in [6.45, 7) is 0. The summed E-state index contributed by atoms with van der Waals surface area (Å²) >= 11 is 7.33. The Morgan fingerprint density at radius 3 is 1.52 bits per heavy atom. The number of hydrogen-bond donors (Lipinski definition) is 0. The first-order chi connectivity index (χ1) is 9.88. The third-order valence-corrected chi connectivity index (χ3v) is 4.57. The van der Waals surface area contributed by atoms with E-state index in [1.807, 2.05) is 0 Å². The van der Waals surface area contributed by atoms with E-state index in [2.05, 4.69) is 31.9 Å². The monoisotopic (exact) mass is 432 g/mol. The molecule has 0 spiro atoms. The zero-order chi connectivity index (χ0) is 15.6. The van der Waals surface area contributed by atoms with Gasteiger partial charge in [0.1, 0.15) is 0 Å². The van der Waals surface area contributed by atoms with Crippen molar-refractivity contribution in [1.82, 2.24) is 0 Å². The van der Waals surface area contributed by atoms with Crippen LogP contribution in [0.1, 0.15) is 0 Å². The minimum Gasteiger partial charge on any atom is -0.258 e. The van der Waals surface area contributed by atoms with Crippen LogP contribution in [0.25, 0.3) is 0 Å². The van der Waals surface area contributed by atoms with Crippen LogP contribution in [-0.4, -0.2) is 9.85 Å². The lowest BCUT2D eigenvalue weighted by Gasteiger charge is -2.05. The Morgan fingerprint density at radius 1 is 0.810 bits per heavy atom. The van der Waals surface area contributed by atoms with Crippen molar-refractivity contribution in [3.8, 4) is 0 Å². The average molecular weight is 434 g/mol. The van der Waals surface area contributed by atoms with Gasteiger partial charge < -0.3 is 0 Å². The van der Waals surface area contributed by atoms with Gasteiger partial charge in [0.25, 0.3) is 11.4 Å². The summed E-state index contributed by atoms with van der Waals surface area (Å²) in [4.78, 5) is 21.8. The molecule has 0 aromatic heterocycles. The highest BCUT2D eigenvalue weighted by molar-refractivity contribution is 9.10. The molecule has 0 unspecified atom stereocenters. The van der Waals surface area contributed by atoms with Crippen molar-refractivity contribution in [2.75, 3.05) is 0 Å². The lowest BCUT2D eigenvalue weighted by Crippen LogP contribution is -1.93. The molecule has 21 heavy (non-hydrogen) atoms. The fourth-order valence-corrected chi connectivity index (χ4v) is 3.24. The third kappa shape index (κ3) is 3.80. The zero-order valence-corrected chi connectivity index (χ0v) is 14.1. The van der Waals surface area contributed by atoms with E-state index in [0.29, 0.717) is 18.7 Å². The maximum atomic E-state index is 11.1. The smallest absolute Gasteiger partial charge is 0.258 e. The van der Waals surface area contributed by atoms with Gasteiger partial charge in [-0.2, -0.15) is 0 Å². The van der Waals surface area contributed by atoms with Crippen LogP contribution in [0.5, 0.6) is 0 Å². The van der Waals surface area contributed by atoms with E-state index < -0.39 is 9.85 Å². The Balaban J connectivity index is 2.48. The van der Waals surface area contributed by atoms with Gasteiger partial charge in [0.15, 0.2) is 0 Å². The van der Waals surface area contributed by atoms with Gasteiger partial charge in [0.2, 0.25) is 0 Å². The molecular weight excluding hydrogens is 428 g/mol. The van der Waals surface area contributed by atoms with Crippen LogP contribution in [0.4, 0.5) is 11.4 Å². The first kappa shape index (κ1) is 15.9. The number of hydrogen-bond acceptors (Lipinski definition) is 5. The maximum Gasteiger partial charge on any atom is 0.284 e. The quantitative estimate of drug-likeness (QED) is 0.489. The number of halogens is 2. The van der Waals surface area contributed by atoms with E-state index in [1.165, 1.54) is 12.1 Å². The van der Waals surface area contributed by atoms with Crippen molar-refractivity contribution in [3.05, 3.63) is 65.6 Å². The number of benzene rings is 2. The molecule has 0 fully saturated rings.